The lowest BCUT2D eigenvalue weighted by atomic mass is 9.77. The summed E-state index contributed by atoms with van der Waals surface area (Å²) in [5.41, 5.74) is 1.34. The van der Waals surface area contributed by atoms with Gasteiger partial charge in [-0.2, -0.15) is 0 Å². The Morgan fingerprint density at radius 1 is 1.06 bits per heavy atom. The first-order valence-electron chi connectivity index (χ1n) is 12.1. The number of hydrogen-bond acceptors (Lipinski definition) is 4. The van der Waals surface area contributed by atoms with Gasteiger partial charge in [-0.25, -0.2) is 9.78 Å². The molecule has 32 heavy (non-hydrogen) atoms. The number of nitrogens with one attached hydrogen (secondary N) is 1. The Kier molecular flexibility index (Phi) is 4.82. The van der Waals surface area contributed by atoms with Gasteiger partial charge in [0.2, 0.25) is 0 Å². The Morgan fingerprint density at radius 2 is 1.88 bits per heavy atom. The Morgan fingerprint density at radius 3 is 2.66 bits per heavy atom. The standard InChI is InChI=1S/C25H31N5O2/c1-2-3-11-29-20(15-28-14-19-17-9-10-18(12-17)21(19)28)26-23-22(29)24(31)27-25(32)30(23)13-16-7-5-4-6-8-16/h4-8,17-19,21H,2-3,9-15H2,1H3,(H,27,31,32)/t17-,18-,19-,21-/m0/s1. The number of likely N-dealkylation sites (tertiary alicyclic amines) is 1. The summed E-state index contributed by atoms with van der Waals surface area (Å²) in [4.78, 5) is 35.8. The predicted octanol–water partition coefficient (Wildman–Crippen LogP) is 2.97. The van der Waals surface area contributed by atoms with E-state index in [9.17, 15) is 9.59 Å². The molecule has 1 aliphatic heterocycles. The maximum absolute atomic E-state index is 12.9. The van der Waals surface area contributed by atoms with Gasteiger partial charge in [0, 0.05) is 19.1 Å². The SMILES string of the molecule is CCCCn1c(CN2C[C@H]3[C@H]4CC[C@@H](C4)[C@@H]32)nc2c1c(=O)[nH]c(=O)n2Cc1ccccc1. The zero-order chi connectivity index (χ0) is 21.8. The second-order valence-electron chi connectivity index (χ2n) is 9.95. The minimum atomic E-state index is -0.393. The Bertz CT molecular complexity index is 1260. The maximum Gasteiger partial charge on any atom is 0.330 e. The summed E-state index contributed by atoms with van der Waals surface area (Å²) in [5, 5.41) is 0. The van der Waals surface area contributed by atoms with Crippen molar-refractivity contribution in [3.8, 4) is 0 Å². The molecule has 2 aliphatic carbocycles. The van der Waals surface area contributed by atoms with Crippen LogP contribution >= 0.6 is 0 Å². The summed E-state index contributed by atoms with van der Waals surface area (Å²) in [7, 11) is 0. The summed E-state index contributed by atoms with van der Waals surface area (Å²) < 4.78 is 3.70. The summed E-state index contributed by atoms with van der Waals surface area (Å²) in [6.45, 7) is 5.22. The molecule has 168 valence electrons. The van der Waals surface area contributed by atoms with Gasteiger partial charge in [0.1, 0.15) is 5.82 Å². The van der Waals surface area contributed by atoms with Crippen molar-refractivity contribution < 1.29 is 0 Å². The molecule has 3 aromatic rings. The molecule has 3 aliphatic rings. The van der Waals surface area contributed by atoms with Crippen molar-refractivity contribution in [2.45, 2.75) is 64.7 Å². The third kappa shape index (κ3) is 3.09. The third-order valence-electron chi connectivity index (χ3n) is 8.14. The predicted molar refractivity (Wildman–Crippen MR) is 124 cm³/mol. The smallest absolute Gasteiger partial charge is 0.321 e. The van der Waals surface area contributed by atoms with Gasteiger partial charge in [0.05, 0.1) is 13.1 Å². The van der Waals surface area contributed by atoms with Gasteiger partial charge in [-0.15, -0.1) is 0 Å². The molecule has 0 radical (unpaired) electrons. The minimum absolute atomic E-state index is 0.328. The average molecular weight is 434 g/mol. The normalized spacial score (nSPS) is 26.5. The molecule has 2 saturated carbocycles. The molecule has 1 aromatic carbocycles. The van der Waals surface area contributed by atoms with E-state index in [0.717, 1.165) is 61.6 Å². The number of aromatic amines is 1. The number of unbranched alkanes of at least 4 members (excludes halogenated alkanes) is 1. The van der Waals surface area contributed by atoms with E-state index in [2.05, 4.69) is 21.4 Å². The first-order chi connectivity index (χ1) is 15.6. The molecule has 7 heteroatoms. The van der Waals surface area contributed by atoms with Gasteiger partial charge in [-0.3, -0.25) is 19.2 Å². The number of fused-ring (bicyclic) bond motifs is 6. The molecule has 4 atom stereocenters. The van der Waals surface area contributed by atoms with Crippen molar-refractivity contribution >= 4 is 11.2 Å². The molecule has 0 amide bonds. The maximum atomic E-state index is 12.9. The number of H-pyrrole nitrogens is 1. The van der Waals surface area contributed by atoms with Crippen LogP contribution in [0.2, 0.25) is 0 Å². The van der Waals surface area contributed by atoms with E-state index >= 15 is 0 Å². The van der Waals surface area contributed by atoms with E-state index < -0.39 is 5.69 Å². The number of aromatic nitrogens is 4. The highest BCUT2D eigenvalue weighted by Crippen LogP contribution is 2.55. The Hall–Kier alpha value is -2.67. The van der Waals surface area contributed by atoms with Crippen molar-refractivity contribution in [3.63, 3.8) is 0 Å². The van der Waals surface area contributed by atoms with E-state index in [-0.39, 0.29) is 5.56 Å². The number of imidazole rings is 1. The van der Waals surface area contributed by atoms with Gasteiger partial charge in [-0.1, -0.05) is 43.7 Å². The van der Waals surface area contributed by atoms with Crippen LogP contribution in [0.25, 0.3) is 11.2 Å². The summed E-state index contributed by atoms with van der Waals surface area (Å²) in [5.74, 6) is 3.56. The van der Waals surface area contributed by atoms with Crippen LogP contribution in [0.15, 0.2) is 39.9 Å². The fourth-order valence-electron chi connectivity index (χ4n) is 6.62. The number of nitrogens with zero attached hydrogens (tertiary/aromatic N) is 4. The fraction of sp³-hybridized carbons (Fsp3) is 0.560. The molecule has 2 aromatic heterocycles. The molecule has 0 spiro atoms. The second-order valence-corrected chi connectivity index (χ2v) is 9.95. The Balaban J connectivity index is 1.40. The van der Waals surface area contributed by atoms with Crippen LogP contribution in [0.4, 0.5) is 0 Å². The van der Waals surface area contributed by atoms with E-state index in [1.54, 1.807) is 4.57 Å². The molecular weight excluding hydrogens is 402 g/mol. The van der Waals surface area contributed by atoms with E-state index in [1.165, 1.54) is 19.3 Å². The monoisotopic (exact) mass is 433 g/mol. The summed E-state index contributed by atoms with van der Waals surface area (Å²) >= 11 is 0. The molecule has 0 unspecified atom stereocenters. The van der Waals surface area contributed by atoms with Crippen LogP contribution in [0.1, 0.15) is 50.4 Å². The zero-order valence-corrected chi connectivity index (χ0v) is 18.7. The lowest BCUT2D eigenvalue weighted by Gasteiger charge is -2.50. The van der Waals surface area contributed by atoms with Crippen LogP contribution < -0.4 is 11.2 Å². The van der Waals surface area contributed by atoms with Crippen molar-refractivity contribution in [1.82, 2.24) is 24.0 Å². The molecule has 3 fully saturated rings. The van der Waals surface area contributed by atoms with Gasteiger partial charge < -0.3 is 4.57 Å². The number of rotatable bonds is 7. The molecule has 6 rings (SSSR count). The van der Waals surface area contributed by atoms with E-state index in [4.69, 9.17) is 4.98 Å². The highest BCUT2D eigenvalue weighted by Gasteiger charge is 2.56. The molecule has 1 N–H and O–H groups in total. The van der Waals surface area contributed by atoms with Crippen molar-refractivity contribution in [2.24, 2.45) is 17.8 Å². The Labute approximate surface area is 187 Å². The number of aryl methyl sites for hydroxylation is 1. The third-order valence-corrected chi connectivity index (χ3v) is 8.14. The van der Waals surface area contributed by atoms with Crippen LogP contribution in [0, 0.1) is 17.8 Å². The van der Waals surface area contributed by atoms with Crippen LogP contribution in [-0.2, 0) is 19.6 Å². The first kappa shape index (κ1) is 20.0. The van der Waals surface area contributed by atoms with Crippen LogP contribution in [-0.4, -0.2) is 36.6 Å². The molecule has 1 saturated heterocycles. The highest BCUT2D eigenvalue weighted by atomic mass is 16.2. The van der Waals surface area contributed by atoms with E-state index in [1.807, 2.05) is 30.3 Å². The zero-order valence-electron chi connectivity index (χ0n) is 18.7. The largest absolute Gasteiger partial charge is 0.330 e. The average Bonchev–Trinajstić information content (AvgIpc) is 3.44. The van der Waals surface area contributed by atoms with Crippen molar-refractivity contribution in [1.29, 1.82) is 0 Å². The topological polar surface area (TPSA) is 75.9 Å². The lowest BCUT2D eigenvalue weighted by molar-refractivity contribution is -0.0305. The first-order valence-corrected chi connectivity index (χ1v) is 12.1. The van der Waals surface area contributed by atoms with Crippen molar-refractivity contribution in [2.75, 3.05) is 6.54 Å². The van der Waals surface area contributed by atoms with Gasteiger partial charge in [0.25, 0.3) is 5.56 Å². The summed E-state index contributed by atoms with van der Waals surface area (Å²) in [6.07, 6.45) is 6.19. The number of benzene rings is 1. The van der Waals surface area contributed by atoms with Gasteiger partial charge in [0.15, 0.2) is 11.2 Å². The molecule has 2 bridgehead atoms. The van der Waals surface area contributed by atoms with E-state index in [0.29, 0.717) is 23.8 Å². The molecule has 3 heterocycles. The van der Waals surface area contributed by atoms with Crippen LogP contribution in [0.3, 0.4) is 0 Å². The molecular formula is C25H31N5O2. The van der Waals surface area contributed by atoms with Crippen LogP contribution in [0.5, 0.6) is 0 Å². The quantitative estimate of drug-likeness (QED) is 0.622. The van der Waals surface area contributed by atoms with Crippen molar-refractivity contribution in [3.05, 3.63) is 62.6 Å². The number of hydrogen-bond donors (Lipinski definition) is 1. The minimum Gasteiger partial charge on any atom is -0.321 e. The molecule has 7 nitrogen and oxygen atoms in total. The second kappa shape index (κ2) is 7.73. The summed E-state index contributed by atoms with van der Waals surface area (Å²) in [6, 6.07) is 10.6. The lowest BCUT2D eigenvalue weighted by Crippen LogP contribution is -2.58. The highest BCUT2D eigenvalue weighted by molar-refractivity contribution is 5.71. The van der Waals surface area contributed by atoms with Gasteiger partial charge >= 0.3 is 5.69 Å². The van der Waals surface area contributed by atoms with Gasteiger partial charge in [-0.05, 0) is 49.0 Å². The fourth-order valence-corrected chi connectivity index (χ4v) is 6.62.